The van der Waals surface area contributed by atoms with E-state index in [2.05, 4.69) is 0 Å². The molecule has 0 radical (unpaired) electrons. The van der Waals surface area contributed by atoms with E-state index >= 15 is 0 Å². The third kappa shape index (κ3) is 3.53. The van der Waals surface area contributed by atoms with Crippen molar-refractivity contribution in [1.29, 1.82) is 0 Å². The van der Waals surface area contributed by atoms with Crippen LogP contribution in [0.5, 0.6) is 0 Å². The summed E-state index contributed by atoms with van der Waals surface area (Å²) in [4.78, 5) is 12.0. The van der Waals surface area contributed by atoms with Crippen LogP contribution in [0, 0.1) is 11.7 Å². The van der Waals surface area contributed by atoms with Crippen LogP contribution in [-0.2, 0) is 10.9 Å². The van der Waals surface area contributed by atoms with Gasteiger partial charge in [0, 0.05) is 12.7 Å². The Labute approximate surface area is 108 Å². The lowest BCUT2D eigenvalue weighted by Crippen LogP contribution is -2.28. The zero-order valence-corrected chi connectivity index (χ0v) is 10.7. The molecule has 19 heavy (non-hydrogen) atoms. The molecule has 6 heteroatoms. The van der Waals surface area contributed by atoms with Gasteiger partial charge in [-0.2, -0.15) is 13.2 Å². The molecule has 0 saturated carbocycles. The number of rotatable bonds is 4. The van der Waals surface area contributed by atoms with Crippen molar-refractivity contribution in [3.05, 3.63) is 35.1 Å². The van der Waals surface area contributed by atoms with E-state index in [0.717, 1.165) is 6.07 Å². The predicted molar refractivity (Wildman–Crippen MR) is 61.4 cm³/mol. The number of methoxy groups -OCH3 is 1. The van der Waals surface area contributed by atoms with Crippen molar-refractivity contribution >= 4 is 5.78 Å². The van der Waals surface area contributed by atoms with Gasteiger partial charge in [0.05, 0.1) is 5.56 Å². The minimum absolute atomic E-state index is 0.133. The molecule has 1 atom stereocenters. The van der Waals surface area contributed by atoms with Crippen LogP contribution in [0.25, 0.3) is 0 Å². The number of hydrogen-bond acceptors (Lipinski definition) is 2. The predicted octanol–water partition coefficient (Wildman–Crippen LogP) is 3.70. The highest BCUT2D eigenvalue weighted by Gasteiger charge is 2.34. The number of ketones is 1. The van der Waals surface area contributed by atoms with Gasteiger partial charge in [-0.1, -0.05) is 19.9 Å². The number of alkyl halides is 3. The average Bonchev–Trinajstić information content (AvgIpc) is 2.27. The van der Waals surface area contributed by atoms with Crippen molar-refractivity contribution < 1.29 is 27.1 Å². The molecule has 0 aromatic heterocycles. The highest BCUT2D eigenvalue weighted by atomic mass is 19.4. The summed E-state index contributed by atoms with van der Waals surface area (Å²) in [7, 11) is 1.32. The molecule has 2 nitrogen and oxygen atoms in total. The molecule has 1 rings (SSSR count). The molecule has 0 bridgehead atoms. The molecule has 1 unspecified atom stereocenters. The monoisotopic (exact) mass is 278 g/mol. The van der Waals surface area contributed by atoms with Crippen LogP contribution in [0.1, 0.15) is 29.8 Å². The first-order chi connectivity index (χ1) is 8.68. The average molecular weight is 278 g/mol. The van der Waals surface area contributed by atoms with Gasteiger partial charge in [-0.25, -0.2) is 4.39 Å². The molecule has 0 aliphatic heterocycles. The Hall–Kier alpha value is -1.43. The van der Waals surface area contributed by atoms with E-state index in [1.165, 1.54) is 7.11 Å². The molecule has 1 aromatic carbocycles. The van der Waals surface area contributed by atoms with Crippen LogP contribution >= 0.6 is 0 Å². The lowest BCUT2D eigenvalue weighted by Gasteiger charge is -2.18. The summed E-state index contributed by atoms with van der Waals surface area (Å²) in [5.74, 6) is -2.16. The summed E-state index contributed by atoms with van der Waals surface area (Å²) in [6, 6.07) is 2.12. The molecule has 1 aromatic rings. The van der Waals surface area contributed by atoms with Crippen molar-refractivity contribution in [2.45, 2.75) is 26.1 Å². The summed E-state index contributed by atoms with van der Waals surface area (Å²) < 4.78 is 55.5. The van der Waals surface area contributed by atoms with Crippen LogP contribution in [0.3, 0.4) is 0 Å². The zero-order chi connectivity index (χ0) is 14.8. The van der Waals surface area contributed by atoms with Gasteiger partial charge in [0.15, 0.2) is 5.78 Å². The van der Waals surface area contributed by atoms with Gasteiger partial charge in [0.25, 0.3) is 0 Å². The van der Waals surface area contributed by atoms with Crippen molar-refractivity contribution in [3.63, 3.8) is 0 Å². The van der Waals surface area contributed by atoms with E-state index in [9.17, 15) is 22.4 Å². The second kappa shape index (κ2) is 5.69. The lowest BCUT2D eigenvalue weighted by atomic mass is 9.96. The number of hydrogen-bond donors (Lipinski definition) is 0. The van der Waals surface area contributed by atoms with E-state index in [4.69, 9.17) is 4.74 Å². The third-order valence-electron chi connectivity index (χ3n) is 2.68. The minimum Gasteiger partial charge on any atom is -0.373 e. The summed E-state index contributed by atoms with van der Waals surface area (Å²) >= 11 is 0. The zero-order valence-electron chi connectivity index (χ0n) is 10.7. The number of carbonyl (C=O) groups is 1. The van der Waals surface area contributed by atoms with Gasteiger partial charge in [-0.05, 0) is 18.1 Å². The molecule has 0 fully saturated rings. The van der Waals surface area contributed by atoms with Gasteiger partial charge in [0.2, 0.25) is 0 Å². The Morgan fingerprint density at radius 2 is 1.84 bits per heavy atom. The van der Waals surface area contributed by atoms with Crippen molar-refractivity contribution in [2.75, 3.05) is 7.11 Å². The maximum absolute atomic E-state index is 13.4. The van der Waals surface area contributed by atoms with Crippen LogP contribution in [0.2, 0.25) is 0 Å². The highest BCUT2D eigenvalue weighted by Crippen LogP contribution is 2.31. The van der Waals surface area contributed by atoms with E-state index in [1.54, 1.807) is 13.8 Å². The number of halogens is 4. The minimum atomic E-state index is -4.77. The molecule has 0 amide bonds. The van der Waals surface area contributed by atoms with Crippen molar-refractivity contribution in [3.8, 4) is 0 Å². The van der Waals surface area contributed by atoms with Gasteiger partial charge in [-0.3, -0.25) is 4.79 Å². The standard InChI is InChI=1S/C13H14F4O2/c1-7(2)12(19-3)11(18)8-4-5-9(10(14)6-8)13(15,16)17/h4-7,12H,1-3H3. The number of benzene rings is 1. The smallest absolute Gasteiger partial charge is 0.373 e. The van der Waals surface area contributed by atoms with Gasteiger partial charge < -0.3 is 4.74 Å². The Kier molecular flexibility index (Phi) is 4.68. The summed E-state index contributed by atoms with van der Waals surface area (Å²) in [6.45, 7) is 3.46. The number of ether oxygens (including phenoxy) is 1. The first-order valence-corrected chi connectivity index (χ1v) is 5.62. The summed E-state index contributed by atoms with van der Waals surface area (Å²) in [5, 5.41) is 0. The fraction of sp³-hybridized carbons (Fsp3) is 0.462. The molecular formula is C13H14F4O2. The first-order valence-electron chi connectivity index (χ1n) is 5.62. The molecule has 0 spiro atoms. The maximum atomic E-state index is 13.4. The number of carbonyl (C=O) groups excluding carboxylic acids is 1. The number of Topliss-reactive ketones (excluding diaryl/α,β-unsaturated/α-hetero) is 1. The Bertz CT molecular complexity index is 466. The third-order valence-corrected chi connectivity index (χ3v) is 2.68. The summed E-state index contributed by atoms with van der Waals surface area (Å²) in [5.41, 5.74) is -1.52. The van der Waals surface area contributed by atoms with Gasteiger partial charge in [0.1, 0.15) is 11.9 Å². The highest BCUT2D eigenvalue weighted by molar-refractivity contribution is 5.99. The van der Waals surface area contributed by atoms with E-state index < -0.39 is 29.4 Å². The van der Waals surface area contributed by atoms with Crippen LogP contribution < -0.4 is 0 Å². The Morgan fingerprint density at radius 3 is 2.21 bits per heavy atom. The van der Waals surface area contributed by atoms with Crippen LogP contribution in [-0.4, -0.2) is 19.0 Å². The van der Waals surface area contributed by atoms with E-state index in [-0.39, 0.29) is 11.5 Å². The fourth-order valence-electron chi connectivity index (χ4n) is 1.74. The molecule has 0 aliphatic carbocycles. The molecule has 0 N–H and O–H groups in total. The Balaban J connectivity index is 3.11. The molecule has 106 valence electrons. The van der Waals surface area contributed by atoms with E-state index in [1.807, 2.05) is 0 Å². The normalized spacial score (nSPS) is 13.7. The summed E-state index contributed by atoms with van der Waals surface area (Å²) in [6.07, 6.45) is -5.58. The quantitative estimate of drug-likeness (QED) is 0.620. The van der Waals surface area contributed by atoms with Crippen molar-refractivity contribution in [2.24, 2.45) is 5.92 Å². The second-order valence-corrected chi connectivity index (χ2v) is 4.46. The lowest BCUT2D eigenvalue weighted by molar-refractivity contribution is -0.140. The fourth-order valence-corrected chi connectivity index (χ4v) is 1.74. The topological polar surface area (TPSA) is 26.3 Å². The molecule has 0 heterocycles. The first kappa shape index (κ1) is 15.6. The largest absolute Gasteiger partial charge is 0.419 e. The van der Waals surface area contributed by atoms with Crippen LogP contribution in [0.4, 0.5) is 17.6 Å². The van der Waals surface area contributed by atoms with Crippen LogP contribution in [0.15, 0.2) is 18.2 Å². The second-order valence-electron chi connectivity index (χ2n) is 4.46. The Morgan fingerprint density at radius 1 is 1.26 bits per heavy atom. The molecular weight excluding hydrogens is 264 g/mol. The SMILES string of the molecule is COC(C(=O)c1ccc(C(F)(F)F)c(F)c1)C(C)C. The van der Waals surface area contributed by atoms with E-state index in [0.29, 0.717) is 12.1 Å². The van der Waals surface area contributed by atoms with Gasteiger partial charge in [-0.15, -0.1) is 0 Å². The molecule has 0 saturated heterocycles. The maximum Gasteiger partial charge on any atom is 0.419 e. The van der Waals surface area contributed by atoms with Crippen molar-refractivity contribution in [1.82, 2.24) is 0 Å². The molecule has 0 aliphatic rings. The van der Waals surface area contributed by atoms with Gasteiger partial charge >= 0.3 is 6.18 Å².